The number of aromatic nitrogens is 5. The van der Waals surface area contributed by atoms with Crippen molar-refractivity contribution in [1.82, 2.24) is 30.9 Å². The van der Waals surface area contributed by atoms with Crippen LogP contribution in [0.4, 0.5) is 0 Å². The Hall–Kier alpha value is -2.77. The summed E-state index contributed by atoms with van der Waals surface area (Å²) in [5, 5.41) is 17.5. The van der Waals surface area contributed by atoms with Gasteiger partial charge in [0.05, 0.1) is 0 Å². The molecule has 0 saturated carbocycles. The van der Waals surface area contributed by atoms with E-state index >= 15 is 0 Å². The van der Waals surface area contributed by atoms with Crippen LogP contribution >= 0.6 is 0 Å². The van der Waals surface area contributed by atoms with Crippen LogP contribution in [-0.2, 0) is 4.79 Å². The molecule has 0 fully saturated rings. The van der Waals surface area contributed by atoms with E-state index in [1.807, 2.05) is 25.1 Å². The highest BCUT2D eigenvalue weighted by Crippen LogP contribution is 2.26. The van der Waals surface area contributed by atoms with Crippen molar-refractivity contribution in [3.8, 4) is 11.4 Å². The van der Waals surface area contributed by atoms with Crippen LogP contribution < -0.4 is 5.32 Å². The van der Waals surface area contributed by atoms with Crippen LogP contribution in [0.3, 0.4) is 0 Å². The molecular formula is C15H18N6O2. The highest BCUT2D eigenvalue weighted by atomic mass is 16.5. The van der Waals surface area contributed by atoms with E-state index in [1.165, 1.54) is 6.92 Å². The highest BCUT2D eigenvalue weighted by molar-refractivity contribution is 5.79. The molecule has 1 aromatic carbocycles. The van der Waals surface area contributed by atoms with E-state index in [2.05, 4.69) is 37.8 Å². The molecule has 8 heteroatoms. The van der Waals surface area contributed by atoms with Crippen molar-refractivity contribution in [1.29, 1.82) is 0 Å². The molecule has 0 spiro atoms. The van der Waals surface area contributed by atoms with Gasteiger partial charge in [0.2, 0.25) is 17.6 Å². The zero-order chi connectivity index (χ0) is 16.4. The largest absolute Gasteiger partial charge is 0.344 e. The number of fused-ring (bicyclic) bond motifs is 1. The Morgan fingerprint density at radius 2 is 2.13 bits per heavy atom. The molecule has 2 heterocycles. The summed E-state index contributed by atoms with van der Waals surface area (Å²) in [6.07, 6.45) is 0.882. The number of rotatable bonds is 5. The van der Waals surface area contributed by atoms with E-state index in [9.17, 15) is 4.79 Å². The minimum absolute atomic E-state index is 0.126. The lowest BCUT2D eigenvalue weighted by Crippen LogP contribution is -2.30. The summed E-state index contributed by atoms with van der Waals surface area (Å²) in [5.41, 5.74) is 2.29. The van der Waals surface area contributed by atoms with E-state index in [4.69, 9.17) is 4.52 Å². The average molecular weight is 314 g/mol. The molecule has 0 radical (unpaired) electrons. The summed E-state index contributed by atoms with van der Waals surface area (Å²) in [6, 6.07) is 5.24. The second-order valence-electron chi connectivity index (χ2n) is 5.55. The molecule has 2 atom stereocenters. The van der Waals surface area contributed by atoms with Crippen molar-refractivity contribution in [2.75, 3.05) is 0 Å². The van der Waals surface area contributed by atoms with Crippen LogP contribution in [0.25, 0.3) is 22.4 Å². The standard InChI is InChI=1S/C15H18N6O2/c1-4-8(2)13(16-9(3)22)15-17-14(20-23-15)10-5-6-11-12(7-10)19-21-18-11/h5-8,13H,4H2,1-3H3,(H,16,22)(H,18,19,21)/t8-,13-/m0/s1. The number of benzene rings is 1. The molecule has 0 aliphatic rings. The predicted octanol–water partition coefficient (Wildman–Crippen LogP) is 2.23. The number of amides is 1. The third-order valence-corrected chi connectivity index (χ3v) is 3.85. The summed E-state index contributed by atoms with van der Waals surface area (Å²) in [6.45, 7) is 5.56. The molecule has 2 N–H and O–H groups in total. The Bertz CT molecular complexity index is 824. The van der Waals surface area contributed by atoms with E-state index in [0.717, 1.165) is 23.0 Å². The Balaban J connectivity index is 1.92. The van der Waals surface area contributed by atoms with Crippen molar-refractivity contribution >= 4 is 16.9 Å². The Labute approximate surface area is 132 Å². The predicted molar refractivity (Wildman–Crippen MR) is 83.2 cm³/mol. The lowest BCUT2D eigenvalue weighted by atomic mass is 9.99. The van der Waals surface area contributed by atoms with E-state index in [1.54, 1.807) is 0 Å². The van der Waals surface area contributed by atoms with Gasteiger partial charge in [-0.3, -0.25) is 4.79 Å². The summed E-state index contributed by atoms with van der Waals surface area (Å²) in [5.74, 6) is 0.928. The van der Waals surface area contributed by atoms with Gasteiger partial charge >= 0.3 is 0 Å². The van der Waals surface area contributed by atoms with Crippen molar-refractivity contribution in [3.05, 3.63) is 24.1 Å². The topological polar surface area (TPSA) is 110 Å². The first-order chi connectivity index (χ1) is 11.1. The van der Waals surface area contributed by atoms with Crippen LogP contribution in [0.1, 0.15) is 39.1 Å². The van der Waals surface area contributed by atoms with E-state index in [-0.39, 0.29) is 17.9 Å². The number of aromatic amines is 1. The first-order valence-corrected chi connectivity index (χ1v) is 7.50. The second kappa shape index (κ2) is 6.15. The number of carbonyl (C=O) groups excluding carboxylic acids is 1. The van der Waals surface area contributed by atoms with Crippen LogP contribution in [0.5, 0.6) is 0 Å². The van der Waals surface area contributed by atoms with Gasteiger partial charge < -0.3 is 9.84 Å². The van der Waals surface area contributed by atoms with E-state index in [0.29, 0.717) is 11.7 Å². The molecule has 0 bridgehead atoms. The fraction of sp³-hybridized carbons (Fsp3) is 0.400. The fourth-order valence-corrected chi connectivity index (χ4v) is 2.36. The van der Waals surface area contributed by atoms with Crippen molar-refractivity contribution in [2.45, 2.75) is 33.2 Å². The Morgan fingerprint density at radius 3 is 2.87 bits per heavy atom. The minimum atomic E-state index is -0.297. The van der Waals surface area contributed by atoms with Crippen LogP contribution in [0.2, 0.25) is 0 Å². The van der Waals surface area contributed by atoms with Crippen molar-refractivity contribution < 1.29 is 9.32 Å². The lowest BCUT2D eigenvalue weighted by Gasteiger charge is -2.19. The van der Waals surface area contributed by atoms with Crippen molar-refractivity contribution in [3.63, 3.8) is 0 Å². The molecule has 23 heavy (non-hydrogen) atoms. The first-order valence-electron chi connectivity index (χ1n) is 7.50. The number of nitrogens with one attached hydrogen (secondary N) is 2. The monoisotopic (exact) mass is 314 g/mol. The number of nitrogens with zero attached hydrogens (tertiary/aromatic N) is 4. The molecule has 0 aliphatic carbocycles. The zero-order valence-electron chi connectivity index (χ0n) is 13.2. The molecule has 0 saturated heterocycles. The highest BCUT2D eigenvalue weighted by Gasteiger charge is 2.25. The average Bonchev–Trinajstić information content (AvgIpc) is 3.19. The number of hydrogen-bond donors (Lipinski definition) is 2. The normalized spacial score (nSPS) is 13.9. The molecule has 2 aromatic heterocycles. The third-order valence-electron chi connectivity index (χ3n) is 3.85. The summed E-state index contributed by atoms with van der Waals surface area (Å²) < 4.78 is 5.38. The Morgan fingerprint density at radius 1 is 1.35 bits per heavy atom. The van der Waals surface area contributed by atoms with Gasteiger partial charge in [-0.1, -0.05) is 25.4 Å². The van der Waals surface area contributed by atoms with Gasteiger partial charge in [0.25, 0.3) is 0 Å². The Kier molecular flexibility index (Phi) is 4.05. The second-order valence-corrected chi connectivity index (χ2v) is 5.55. The molecular weight excluding hydrogens is 296 g/mol. The third kappa shape index (κ3) is 3.05. The summed E-state index contributed by atoms with van der Waals surface area (Å²) >= 11 is 0. The molecule has 3 rings (SSSR count). The zero-order valence-corrected chi connectivity index (χ0v) is 13.2. The van der Waals surface area contributed by atoms with Crippen molar-refractivity contribution in [2.24, 2.45) is 5.92 Å². The summed E-state index contributed by atoms with van der Waals surface area (Å²) in [7, 11) is 0. The van der Waals surface area contributed by atoms with Gasteiger partial charge in [-0.2, -0.15) is 20.4 Å². The maximum atomic E-state index is 11.4. The molecule has 3 aromatic rings. The van der Waals surface area contributed by atoms with Gasteiger partial charge in [-0.15, -0.1) is 0 Å². The first kappa shape index (κ1) is 15.1. The van der Waals surface area contributed by atoms with Gasteiger partial charge in [-0.25, -0.2) is 0 Å². The maximum absolute atomic E-state index is 11.4. The van der Waals surface area contributed by atoms with Gasteiger partial charge in [0.1, 0.15) is 17.1 Å². The quantitative estimate of drug-likeness (QED) is 0.747. The summed E-state index contributed by atoms with van der Waals surface area (Å²) in [4.78, 5) is 15.9. The van der Waals surface area contributed by atoms with E-state index < -0.39 is 0 Å². The van der Waals surface area contributed by atoms with Gasteiger partial charge in [0, 0.05) is 12.5 Å². The van der Waals surface area contributed by atoms with Gasteiger partial charge in [0.15, 0.2) is 0 Å². The van der Waals surface area contributed by atoms with Gasteiger partial charge in [-0.05, 0) is 24.1 Å². The fourth-order valence-electron chi connectivity index (χ4n) is 2.36. The van der Waals surface area contributed by atoms with Crippen LogP contribution in [0.15, 0.2) is 22.7 Å². The molecule has 120 valence electrons. The molecule has 0 aliphatic heterocycles. The van der Waals surface area contributed by atoms with Crippen LogP contribution in [0, 0.1) is 5.92 Å². The lowest BCUT2D eigenvalue weighted by molar-refractivity contribution is -0.120. The SMILES string of the molecule is CC[C@H](C)[C@H](NC(C)=O)c1nc(-c2ccc3n[nH]nc3c2)no1. The smallest absolute Gasteiger partial charge is 0.249 e. The molecule has 8 nitrogen and oxygen atoms in total. The molecule has 0 unspecified atom stereocenters. The number of H-pyrrole nitrogens is 1. The minimum Gasteiger partial charge on any atom is -0.344 e. The molecule has 1 amide bonds. The van der Waals surface area contributed by atoms with Crippen LogP contribution in [-0.4, -0.2) is 31.5 Å². The maximum Gasteiger partial charge on any atom is 0.249 e. The number of carbonyl (C=O) groups is 1. The number of hydrogen-bond acceptors (Lipinski definition) is 6.